The largest absolute Gasteiger partial charge is 0.456 e. The first-order valence-corrected chi connectivity index (χ1v) is 15.0. The van der Waals surface area contributed by atoms with Crippen molar-refractivity contribution in [1.29, 1.82) is 0 Å². The molecule has 0 fully saturated rings. The lowest BCUT2D eigenvalue weighted by atomic mass is 9.99. The smallest absolute Gasteiger partial charge is 0.164 e. The maximum Gasteiger partial charge on any atom is 0.164 e. The fraction of sp³-hybridized carbons (Fsp3) is 0. The molecule has 0 N–H and O–H groups in total. The number of benzene rings is 7. The number of para-hydroxylation sites is 1. The van der Waals surface area contributed by atoms with Crippen LogP contribution in [0.15, 0.2) is 156 Å². The summed E-state index contributed by atoms with van der Waals surface area (Å²) in [6.45, 7) is 0. The molecule has 0 saturated heterocycles. The highest BCUT2D eigenvalue weighted by Gasteiger charge is 2.17. The molecule has 0 unspecified atom stereocenters. The highest BCUT2D eigenvalue weighted by molar-refractivity contribution is 6.19. The average molecular weight is 576 g/mol. The van der Waals surface area contributed by atoms with Crippen LogP contribution < -0.4 is 0 Å². The van der Waals surface area contributed by atoms with E-state index in [-0.39, 0.29) is 0 Å². The molecule has 0 radical (unpaired) electrons. The predicted molar refractivity (Wildman–Crippen MR) is 184 cm³/mol. The lowest BCUT2D eigenvalue weighted by Gasteiger charge is -2.12. The van der Waals surface area contributed by atoms with Crippen LogP contribution in [0.5, 0.6) is 0 Å². The second-order valence-electron chi connectivity index (χ2n) is 11.3. The van der Waals surface area contributed by atoms with E-state index < -0.39 is 0 Å². The van der Waals surface area contributed by atoms with Gasteiger partial charge in [0.15, 0.2) is 17.5 Å². The molecule has 45 heavy (non-hydrogen) atoms. The Hall–Kier alpha value is -6.13. The van der Waals surface area contributed by atoms with Crippen LogP contribution in [0.3, 0.4) is 0 Å². The Bertz CT molecular complexity index is 2550. The summed E-state index contributed by atoms with van der Waals surface area (Å²) < 4.78 is 6.21. The van der Waals surface area contributed by atoms with E-state index in [0.29, 0.717) is 17.5 Å². The maximum absolute atomic E-state index is 6.21. The highest BCUT2D eigenvalue weighted by Crippen LogP contribution is 2.37. The van der Waals surface area contributed by atoms with Crippen LogP contribution >= 0.6 is 0 Å². The predicted octanol–water partition coefficient (Wildman–Crippen LogP) is 10.7. The van der Waals surface area contributed by atoms with Gasteiger partial charge in [-0.2, -0.15) is 0 Å². The molecule has 0 amide bonds. The molecule has 0 aliphatic rings. The SMILES string of the molecule is c1ccc(-c2ccccc2-c2nc(-c3ccc4ccccc4c3)nc(-c3ccc4ccc5oc6ccccc6c5c4c3)n2)cc1. The molecule has 0 spiro atoms. The van der Waals surface area contributed by atoms with Crippen molar-refractivity contribution in [3.8, 4) is 45.3 Å². The standard InChI is InChI=1S/C41H25N3O/c1-2-11-27(12-3-1)32-14-6-7-15-33(32)41-43-39(30-20-18-26-10-4-5-13-29(26)24-30)42-40(44-41)31-21-19-28-22-23-37-38(35(28)25-31)34-16-8-9-17-36(34)45-37/h1-25H. The first-order valence-electron chi connectivity index (χ1n) is 15.0. The van der Waals surface area contributed by atoms with Crippen LogP contribution in [-0.4, -0.2) is 15.0 Å². The summed E-state index contributed by atoms with van der Waals surface area (Å²) in [7, 11) is 0. The van der Waals surface area contributed by atoms with Gasteiger partial charge in [-0.1, -0.05) is 127 Å². The molecule has 4 heteroatoms. The number of nitrogens with zero attached hydrogens (tertiary/aromatic N) is 3. The van der Waals surface area contributed by atoms with Crippen LogP contribution in [0, 0.1) is 0 Å². The highest BCUT2D eigenvalue weighted by atomic mass is 16.3. The van der Waals surface area contributed by atoms with Crippen LogP contribution in [-0.2, 0) is 0 Å². The molecule has 0 aliphatic carbocycles. The molecule has 210 valence electrons. The minimum atomic E-state index is 0.623. The van der Waals surface area contributed by atoms with E-state index in [4.69, 9.17) is 19.4 Å². The van der Waals surface area contributed by atoms with E-state index in [0.717, 1.165) is 65.9 Å². The van der Waals surface area contributed by atoms with Gasteiger partial charge in [0, 0.05) is 27.5 Å². The fourth-order valence-corrected chi connectivity index (χ4v) is 6.31. The van der Waals surface area contributed by atoms with Gasteiger partial charge in [0.1, 0.15) is 11.2 Å². The first-order chi connectivity index (χ1) is 22.3. The quantitative estimate of drug-likeness (QED) is 0.209. The Kier molecular flexibility index (Phi) is 5.78. The topological polar surface area (TPSA) is 51.8 Å². The van der Waals surface area contributed by atoms with Gasteiger partial charge >= 0.3 is 0 Å². The Balaban J connectivity index is 1.30. The van der Waals surface area contributed by atoms with Crippen molar-refractivity contribution < 1.29 is 4.42 Å². The van der Waals surface area contributed by atoms with Crippen molar-refractivity contribution in [2.24, 2.45) is 0 Å². The van der Waals surface area contributed by atoms with Gasteiger partial charge in [-0.05, 0) is 56.9 Å². The summed E-state index contributed by atoms with van der Waals surface area (Å²) >= 11 is 0. The van der Waals surface area contributed by atoms with Crippen LogP contribution in [0.25, 0.3) is 88.8 Å². The minimum absolute atomic E-state index is 0.623. The lowest BCUT2D eigenvalue weighted by Crippen LogP contribution is -2.01. The maximum atomic E-state index is 6.21. The fourth-order valence-electron chi connectivity index (χ4n) is 6.31. The summed E-state index contributed by atoms with van der Waals surface area (Å²) in [6.07, 6.45) is 0. The summed E-state index contributed by atoms with van der Waals surface area (Å²) in [6, 6.07) is 52.2. The molecule has 0 atom stereocenters. The third-order valence-corrected chi connectivity index (χ3v) is 8.51. The Labute approximate surface area is 259 Å². The van der Waals surface area contributed by atoms with Gasteiger partial charge in [-0.15, -0.1) is 0 Å². The van der Waals surface area contributed by atoms with Gasteiger partial charge in [0.2, 0.25) is 0 Å². The summed E-state index contributed by atoms with van der Waals surface area (Å²) in [5.74, 6) is 1.89. The lowest BCUT2D eigenvalue weighted by molar-refractivity contribution is 0.669. The van der Waals surface area contributed by atoms with E-state index in [2.05, 4.69) is 127 Å². The van der Waals surface area contributed by atoms with Gasteiger partial charge < -0.3 is 4.42 Å². The molecule has 0 aliphatic heterocycles. The Morgan fingerprint density at radius 2 is 0.978 bits per heavy atom. The molecule has 0 bridgehead atoms. The monoisotopic (exact) mass is 575 g/mol. The van der Waals surface area contributed by atoms with Gasteiger partial charge in [0.25, 0.3) is 0 Å². The van der Waals surface area contributed by atoms with E-state index in [1.165, 1.54) is 5.39 Å². The van der Waals surface area contributed by atoms with Crippen LogP contribution in [0.2, 0.25) is 0 Å². The molecule has 0 saturated carbocycles. The van der Waals surface area contributed by atoms with E-state index >= 15 is 0 Å². The third-order valence-electron chi connectivity index (χ3n) is 8.51. The van der Waals surface area contributed by atoms with E-state index in [1.807, 2.05) is 24.3 Å². The summed E-state index contributed by atoms with van der Waals surface area (Å²) in [4.78, 5) is 15.3. The summed E-state index contributed by atoms with van der Waals surface area (Å²) in [5, 5.41) is 6.76. The number of furan rings is 1. The molecule has 2 aromatic heterocycles. The minimum Gasteiger partial charge on any atom is -0.456 e. The summed E-state index contributed by atoms with van der Waals surface area (Å²) in [5.41, 5.74) is 6.75. The molecule has 9 rings (SSSR count). The van der Waals surface area contributed by atoms with Gasteiger partial charge in [0.05, 0.1) is 0 Å². The molecule has 9 aromatic rings. The van der Waals surface area contributed by atoms with E-state index in [9.17, 15) is 0 Å². The number of aromatic nitrogens is 3. The van der Waals surface area contributed by atoms with E-state index in [1.54, 1.807) is 0 Å². The van der Waals surface area contributed by atoms with Crippen molar-refractivity contribution in [2.75, 3.05) is 0 Å². The van der Waals surface area contributed by atoms with Gasteiger partial charge in [-0.25, -0.2) is 15.0 Å². The van der Waals surface area contributed by atoms with Crippen LogP contribution in [0.1, 0.15) is 0 Å². The number of hydrogen-bond donors (Lipinski definition) is 0. The zero-order valence-corrected chi connectivity index (χ0v) is 24.2. The first kappa shape index (κ1) is 25.4. The van der Waals surface area contributed by atoms with Crippen molar-refractivity contribution in [3.63, 3.8) is 0 Å². The van der Waals surface area contributed by atoms with Crippen molar-refractivity contribution in [1.82, 2.24) is 15.0 Å². The zero-order valence-electron chi connectivity index (χ0n) is 24.2. The molecule has 2 heterocycles. The Morgan fingerprint density at radius 3 is 1.82 bits per heavy atom. The Morgan fingerprint density at radius 1 is 0.356 bits per heavy atom. The second kappa shape index (κ2) is 10.2. The van der Waals surface area contributed by atoms with Crippen molar-refractivity contribution >= 4 is 43.5 Å². The number of hydrogen-bond acceptors (Lipinski definition) is 4. The molecular weight excluding hydrogens is 550 g/mol. The molecule has 4 nitrogen and oxygen atoms in total. The normalized spacial score (nSPS) is 11.6. The second-order valence-corrected chi connectivity index (χ2v) is 11.3. The zero-order chi connectivity index (χ0) is 29.7. The van der Waals surface area contributed by atoms with Crippen molar-refractivity contribution in [3.05, 3.63) is 152 Å². The van der Waals surface area contributed by atoms with Crippen molar-refractivity contribution in [2.45, 2.75) is 0 Å². The third kappa shape index (κ3) is 4.35. The van der Waals surface area contributed by atoms with Crippen LogP contribution in [0.4, 0.5) is 0 Å². The molecular formula is C41H25N3O. The molecule has 7 aromatic carbocycles. The number of fused-ring (bicyclic) bond motifs is 6. The number of rotatable bonds is 4. The van der Waals surface area contributed by atoms with Gasteiger partial charge in [-0.3, -0.25) is 0 Å². The average Bonchev–Trinajstić information content (AvgIpc) is 3.51.